The quantitative estimate of drug-likeness (QED) is 0.449. The molecule has 5 rings (SSSR count). The maximum absolute atomic E-state index is 13.5. The van der Waals surface area contributed by atoms with Gasteiger partial charge in [0.2, 0.25) is 0 Å². The molecule has 0 radical (unpaired) electrons. The minimum absolute atomic E-state index is 0.0462. The van der Waals surface area contributed by atoms with Gasteiger partial charge < -0.3 is 4.74 Å². The molecule has 1 atom stereocenters. The van der Waals surface area contributed by atoms with Gasteiger partial charge >= 0.3 is 0 Å². The number of carbonyl (C=O) groups excluding carboxylic acids is 1. The fraction of sp³-hybridized carbons (Fsp3) is 0.292. The summed E-state index contributed by atoms with van der Waals surface area (Å²) >= 11 is 1.54. The van der Waals surface area contributed by atoms with Gasteiger partial charge in [0.15, 0.2) is 5.13 Å². The number of hydrogen-bond acceptors (Lipinski definition) is 5. The molecule has 1 unspecified atom stereocenters. The lowest BCUT2D eigenvalue weighted by atomic mass is 10.1. The fourth-order valence-corrected chi connectivity index (χ4v) is 4.98. The highest BCUT2D eigenvalue weighted by atomic mass is 32.1. The van der Waals surface area contributed by atoms with Crippen molar-refractivity contribution in [2.24, 2.45) is 0 Å². The number of benzene rings is 2. The molecule has 1 aliphatic rings. The van der Waals surface area contributed by atoms with Crippen LogP contribution in [0.25, 0.3) is 15.9 Å². The van der Waals surface area contributed by atoms with Crippen LogP contribution in [0, 0.1) is 13.8 Å². The van der Waals surface area contributed by atoms with Crippen molar-refractivity contribution < 1.29 is 9.53 Å². The first-order chi connectivity index (χ1) is 15.1. The van der Waals surface area contributed by atoms with E-state index in [-0.39, 0.29) is 12.0 Å². The SMILES string of the molecule is Cc1cc(C)n(-c2ccc(C(=O)N(CC3CCCO3)c3nc4ccccc4s3)cc2)n1. The summed E-state index contributed by atoms with van der Waals surface area (Å²) in [6.07, 6.45) is 2.04. The molecule has 3 heterocycles. The maximum Gasteiger partial charge on any atom is 0.260 e. The number of thiazole rings is 1. The van der Waals surface area contributed by atoms with Crippen LogP contribution in [0.4, 0.5) is 5.13 Å². The minimum atomic E-state index is -0.0607. The molecule has 6 nitrogen and oxygen atoms in total. The third kappa shape index (κ3) is 3.98. The topological polar surface area (TPSA) is 60.2 Å². The van der Waals surface area contributed by atoms with Gasteiger partial charge in [-0.15, -0.1) is 0 Å². The molecule has 1 saturated heterocycles. The third-order valence-corrected chi connectivity index (χ3v) is 6.60. The van der Waals surface area contributed by atoms with Gasteiger partial charge in [0.25, 0.3) is 5.91 Å². The zero-order valence-electron chi connectivity index (χ0n) is 17.6. The highest BCUT2D eigenvalue weighted by Gasteiger charge is 2.27. The summed E-state index contributed by atoms with van der Waals surface area (Å²) in [7, 11) is 0. The molecule has 1 fully saturated rings. The van der Waals surface area contributed by atoms with E-state index in [2.05, 4.69) is 5.10 Å². The van der Waals surface area contributed by atoms with E-state index >= 15 is 0 Å². The largest absolute Gasteiger partial charge is 0.376 e. The summed E-state index contributed by atoms with van der Waals surface area (Å²) in [5.41, 5.74) is 4.50. The number of aromatic nitrogens is 3. The Morgan fingerprint density at radius 1 is 1.19 bits per heavy atom. The van der Waals surface area contributed by atoms with Gasteiger partial charge in [-0.3, -0.25) is 9.69 Å². The van der Waals surface area contributed by atoms with Crippen molar-refractivity contribution in [1.82, 2.24) is 14.8 Å². The van der Waals surface area contributed by atoms with E-state index in [9.17, 15) is 4.79 Å². The van der Waals surface area contributed by atoms with Crippen LogP contribution in [-0.2, 0) is 4.74 Å². The third-order valence-electron chi connectivity index (χ3n) is 5.54. The van der Waals surface area contributed by atoms with Gasteiger partial charge in [0.05, 0.1) is 34.2 Å². The number of para-hydroxylation sites is 1. The highest BCUT2D eigenvalue weighted by molar-refractivity contribution is 7.22. The Balaban J connectivity index is 1.46. The molecule has 2 aromatic carbocycles. The Kier molecular flexibility index (Phi) is 5.29. The molecular formula is C24H24N4O2S. The zero-order chi connectivity index (χ0) is 21.4. The first-order valence-electron chi connectivity index (χ1n) is 10.5. The molecule has 7 heteroatoms. The second-order valence-corrected chi connectivity index (χ2v) is 8.91. The number of nitrogens with zero attached hydrogens (tertiary/aromatic N) is 4. The minimum Gasteiger partial charge on any atom is -0.376 e. The molecule has 1 aliphatic heterocycles. The van der Waals surface area contributed by atoms with Crippen LogP contribution in [0.15, 0.2) is 54.6 Å². The van der Waals surface area contributed by atoms with Crippen LogP contribution in [0.5, 0.6) is 0 Å². The number of rotatable bonds is 5. The Hall–Kier alpha value is -3.03. The first-order valence-corrected chi connectivity index (χ1v) is 11.3. The molecule has 31 heavy (non-hydrogen) atoms. The van der Waals surface area contributed by atoms with Gasteiger partial charge in [-0.05, 0) is 69.2 Å². The number of carbonyl (C=O) groups is 1. The van der Waals surface area contributed by atoms with E-state index < -0.39 is 0 Å². The zero-order valence-corrected chi connectivity index (χ0v) is 18.4. The Labute approximate surface area is 185 Å². The van der Waals surface area contributed by atoms with Gasteiger partial charge in [0.1, 0.15) is 0 Å². The monoisotopic (exact) mass is 432 g/mol. The molecule has 1 amide bonds. The van der Waals surface area contributed by atoms with Crippen LogP contribution in [0.3, 0.4) is 0 Å². The van der Waals surface area contributed by atoms with Crippen LogP contribution in [0.1, 0.15) is 34.6 Å². The average Bonchev–Trinajstić information content (AvgIpc) is 3.51. The Morgan fingerprint density at radius 3 is 2.68 bits per heavy atom. The Bertz CT molecular complexity index is 1190. The van der Waals surface area contributed by atoms with Crippen molar-refractivity contribution in [3.05, 3.63) is 71.5 Å². The number of hydrogen-bond donors (Lipinski definition) is 0. The predicted molar refractivity (Wildman–Crippen MR) is 123 cm³/mol. The molecule has 0 saturated carbocycles. The van der Waals surface area contributed by atoms with Gasteiger partial charge in [-0.1, -0.05) is 23.5 Å². The van der Waals surface area contributed by atoms with Crippen LogP contribution in [-0.4, -0.2) is 39.9 Å². The van der Waals surface area contributed by atoms with Crippen molar-refractivity contribution in [2.45, 2.75) is 32.8 Å². The average molecular weight is 433 g/mol. The first kappa shape index (κ1) is 19.9. The number of ether oxygens (including phenoxy) is 1. The molecule has 0 N–H and O–H groups in total. The van der Waals surface area contributed by atoms with Crippen LogP contribution in [0.2, 0.25) is 0 Å². The van der Waals surface area contributed by atoms with E-state index in [1.807, 2.05) is 73.1 Å². The van der Waals surface area contributed by atoms with Crippen molar-refractivity contribution in [2.75, 3.05) is 18.1 Å². The van der Waals surface area contributed by atoms with E-state index in [0.29, 0.717) is 17.2 Å². The van der Waals surface area contributed by atoms with Crippen molar-refractivity contribution in [3.63, 3.8) is 0 Å². The van der Waals surface area contributed by atoms with E-state index in [1.165, 1.54) is 0 Å². The second-order valence-electron chi connectivity index (χ2n) is 7.90. The molecule has 158 valence electrons. The van der Waals surface area contributed by atoms with Gasteiger partial charge in [-0.2, -0.15) is 5.10 Å². The van der Waals surface area contributed by atoms with Gasteiger partial charge in [0, 0.05) is 17.9 Å². The van der Waals surface area contributed by atoms with E-state index in [0.717, 1.165) is 46.7 Å². The van der Waals surface area contributed by atoms with Crippen molar-refractivity contribution >= 4 is 32.6 Å². The highest BCUT2D eigenvalue weighted by Crippen LogP contribution is 2.31. The van der Waals surface area contributed by atoms with Crippen LogP contribution < -0.4 is 4.90 Å². The molecule has 0 spiro atoms. The maximum atomic E-state index is 13.5. The molecule has 4 aromatic rings. The molecule has 0 aliphatic carbocycles. The normalized spacial score (nSPS) is 16.1. The number of fused-ring (bicyclic) bond motifs is 1. The van der Waals surface area contributed by atoms with E-state index in [4.69, 9.17) is 9.72 Å². The fourth-order valence-electron chi connectivity index (χ4n) is 4.01. The smallest absolute Gasteiger partial charge is 0.260 e. The molecular weight excluding hydrogens is 408 g/mol. The molecule has 2 aromatic heterocycles. The lowest BCUT2D eigenvalue weighted by Crippen LogP contribution is -2.37. The summed E-state index contributed by atoms with van der Waals surface area (Å²) in [6, 6.07) is 17.6. The summed E-state index contributed by atoms with van der Waals surface area (Å²) in [5.74, 6) is -0.0607. The Morgan fingerprint density at radius 2 is 2.00 bits per heavy atom. The summed E-state index contributed by atoms with van der Waals surface area (Å²) < 4.78 is 8.79. The number of amides is 1. The standard InChI is InChI=1S/C24H24N4O2S/c1-16-14-17(2)28(26-16)19-11-9-18(10-12-19)23(29)27(15-20-6-5-13-30-20)24-25-21-7-3-4-8-22(21)31-24/h3-4,7-12,14,20H,5-6,13,15H2,1-2H3. The lowest BCUT2D eigenvalue weighted by molar-refractivity contribution is 0.0917. The second kappa shape index (κ2) is 8.24. The predicted octanol–water partition coefficient (Wildman–Crippen LogP) is 4.92. The summed E-state index contributed by atoms with van der Waals surface area (Å²) in [6.45, 7) is 5.26. The summed E-state index contributed by atoms with van der Waals surface area (Å²) in [5, 5.41) is 5.24. The van der Waals surface area contributed by atoms with Crippen molar-refractivity contribution in [3.8, 4) is 5.69 Å². The molecule has 0 bridgehead atoms. The number of anilines is 1. The van der Waals surface area contributed by atoms with E-state index in [1.54, 1.807) is 16.2 Å². The van der Waals surface area contributed by atoms with Gasteiger partial charge in [-0.25, -0.2) is 9.67 Å². The van der Waals surface area contributed by atoms with Crippen molar-refractivity contribution in [1.29, 1.82) is 0 Å². The van der Waals surface area contributed by atoms with Crippen LogP contribution >= 0.6 is 11.3 Å². The summed E-state index contributed by atoms with van der Waals surface area (Å²) in [4.78, 5) is 20.1. The lowest BCUT2D eigenvalue weighted by Gasteiger charge is -2.23. The number of aryl methyl sites for hydroxylation is 2.